The van der Waals surface area contributed by atoms with Gasteiger partial charge in [-0.15, -0.1) is 0 Å². The number of aromatic nitrogens is 1. The molecule has 0 unspecified atom stereocenters. The number of carbonyl (C=O) groups is 4. The molecule has 2 fully saturated rings. The molecule has 0 atom stereocenters. The van der Waals surface area contributed by atoms with Gasteiger partial charge < -0.3 is 4.90 Å². The summed E-state index contributed by atoms with van der Waals surface area (Å²) in [4.78, 5) is 58.2. The Labute approximate surface area is 184 Å². The normalized spacial score (nSPS) is 19.4. The third-order valence-electron chi connectivity index (χ3n) is 5.95. The molecule has 0 aliphatic carbocycles. The van der Waals surface area contributed by atoms with Gasteiger partial charge in [0.2, 0.25) is 5.91 Å². The minimum absolute atomic E-state index is 0.0104. The van der Waals surface area contributed by atoms with Crippen LogP contribution in [0.3, 0.4) is 0 Å². The molecule has 1 N–H and O–H groups in total. The van der Waals surface area contributed by atoms with E-state index < -0.39 is 23.8 Å². The van der Waals surface area contributed by atoms with E-state index in [1.54, 1.807) is 18.3 Å². The van der Waals surface area contributed by atoms with E-state index in [0.717, 1.165) is 47.6 Å². The molecule has 10 heteroatoms. The quantitative estimate of drug-likeness (QED) is 0.712. The molecule has 1 aromatic heterocycles. The maximum Gasteiger partial charge on any atom is 0.343 e. The lowest BCUT2D eigenvalue weighted by Gasteiger charge is -2.35. The lowest BCUT2D eigenvalue weighted by molar-refractivity contribution is -0.122. The van der Waals surface area contributed by atoms with Crippen LogP contribution in [0, 0.1) is 0 Å². The molecule has 0 spiro atoms. The third kappa shape index (κ3) is 3.58. The van der Waals surface area contributed by atoms with Crippen LogP contribution in [0.5, 0.6) is 0 Å². The molecular formula is C22H22N6O4. The number of pyridine rings is 1. The first-order valence-corrected chi connectivity index (χ1v) is 10.5. The molecule has 5 amide bonds. The SMILES string of the molecule is O=C1CCN(N2C(=O)c3ccc(CN4CCN(c5ccccn5)CC4)cc3C2=O)C(=O)N1. The van der Waals surface area contributed by atoms with Crippen LogP contribution in [0.2, 0.25) is 0 Å². The van der Waals surface area contributed by atoms with Gasteiger partial charge in [-0.25, -0.2) is 14.8 Å². The standard InChI is InChI=1S/C22H22N6O4/c29-19-6-8-27(22(32)24-19)28-20(30)16-5-4-15(13-17(16)21(28)31)14-25-9-11-26(12-10-25)18-3-1-2-7-23-18/h1-5,7,13H,6,8-12,14H2,(H,24,29,32). The maximum atomic E-state index is 12.9. The molecule has 32 heavy (non-hydrogen) atoms. The molecule has 1 aromatic carbocycles. The highest BCUT2D eigenvalue weighted by Crippen LogP contribution is 2.27. The second kappa shape index (κ2) is 8.04. The molecule has 4 heterocycles. The number of rotatable bonds is 4. The van der Waals surface area contributed by atoms with Crippen LogP contribution in [0.4, 0.5) is 10.6 Å². The largest absolute Gasteiger partial charge is 0.354 e. The first kappa shape index (κ1) is 20.1. The molecule has 0 saturated carbocycles. The van der Waals surface area contributed by atoms with Gasteiger partial charge in [-0.1, -0.05) is 12.1 Å². The van der Waals surface area contributed by atoms with Crippen LogP contribution in [-0.2, 0) is 11.3 Å². The number of hydrogen-bond donors (Lipinski definition) is 1. The summed E-state index contributed by atoms with van der Waals surface area (Å²) >= 11 is 0. The molecule has 2 saturated heterocycles. The summed E-state index contributed by atoms with van der Waals surface area (Å²) in [7, 11) is 0. The number of urea groups is 1. The molecule has 164 valence electrons. The Bertz CT molecular complexity index is 1100. The summed E-state index contributed by atoms with van der Waals surface area (Å²) in [5.41, 5.74) is 1.48. The van der Waals surface area contributed by atoms with E-state index in [2.05, 4.69) is 20.1 Å². The lowest BCUT2D eigenvalue weighted by Crippen LogP contribution is -2.58. The molecule has 0 radical (unpaired) electrons. The highest BCUT2D eigenvalue weighted by molar-refractivity contribution is 6.22. The fraction of sp³-hybridized carbons (Fsp3) is 0.318. The molecule has 3 aliphatic heterocycles. The number of nitrogens with zero attached hydrogens (tertiary/aromatic N) is 5. The van der Waals surface area contributed by atoms with Crippen LogP contribution >= 0.6 is 0 Å². The Hall–Kier alpha value is -3.79. The number of hydrogen-bond acceptors (Lipinski definition) is 7. The maximum absolute atomic E-state index is 12.9. The Morgan fingerprint density at radius 1 is 0.875 bits per heavy atom. The zero-order valence-electron chi connectivity index (χ0n) is 17.4. The Morgan fingerprint density at radius 2 is 1.66 bits per heavy atom. The molecule has 3 aliphatic rings. The predicted octanol–water partition coefficient (Wildman–Crippen LogP) is 0.857. The summed E-state index contributed by atoms with van der Waals surface area (Å²) in [5.74, 6) is -0.549. The van der Waals surface area contributed by atoms with E-state index >= 15 is 0 Å². The first-order valence-electron chi connectivity index (χ1n) is 10.5. The second-order valence-corrected chi connectivity index (χ2v) is 7.98. The van der Waals surface area contributed by atoms with Crippen molar-refractivity contribution in [2.24, 2.45) is 0 Å². The third-order valence-corrected chi connectivity index (χ3v) is 5.95. The van der Waals surface area contributed by atoms with Gasteiger partial charge in [0, 0.05) is 45.3 Å². The number of carbonyl (C=O) groups excluding carboxylic acids is 4. The molecule has 10 nitrogen and oxygen atoms in total. The minimum atomic E-state index is -0.762. The molecule has 2 aromatic rings. The monoisotopic (exact) mass is 434 g/mol. The lowest BCUT2D eigenvalue weighted by atomic mass is 10.1. The van der Waals surface area contributed by atoms with E-state index in [1.165, 1.54) is 0 Å². The van der Waals surface area contributed by atoms with Gasteiger partial charge in [0.25, 0.3) is 11.8 Å². The first-order chi connectivity index (χ1) is 15.5. The number of imide groups is 2. The van der Waals surface area contributed by atoms with E-state index in [1.807, 2.05) is 24.3 Å². The van der Waals surface area contributed by atoms with Crippen LogP contribution in [-0.4, -0.2) is 76.4 Å². The van der Waals surface area contributed by atoms with Crippen LogP contribution in [0.1, 0.15) is 32.7 Å². The second-order valence-electron chi connectivity index (χ2n) is 7.98. The van der Waals surface area contributed by atoms with E-state index in [4.69, 9.17) is 0 Å². The van der Waals surface area contributed by atoms with Crippen molar-refractivity contribution in [2.75, 3.05) is 37.6 Å². The van der Waals surface area contributed by atoms with Gasteiger partial charge in [-0.3, -0.25) is 24.6 Å². The number of amides is 5. The Balaban J connectivity index is 1.26. The summed E-state index contributed by atoms with van der Waals surface area (Å²) in [5, 5.41) is 3.98. The number of anilines is 1. The fourth-order valence-electron chi connectivity index (χ4n) is 4.27. The van der Waals surface area contributed by atoms with Gasteiger partial charge in [-0.2, -0.15) is 5.01 Å². The van der Waals surface area contributed by atoms with Crippen molar-refractivity contribution in [2.45, 2.75) is 13.0 Å². The van der Waals surface area contributed by atoms with Gasteiger partial charge in [-0.05, 0) is 29.8 Å². The fourth-order valence-corrected chi connectivity index (χ4v) is 4.27. The molecular weight excluding hydrogens is 412 g/mol. The smallest absolute Gasteiger partial charge is 0.343 e. The molecule has 0 bridgehead atoms. The van der Waals surface area contributed by atoms with Crippen molar-refractivity contribution in [3.05, 3.63) is 59.3 Å². The van der Waals surface area contributed by atoms with Crippen molar-refractivity contribution in [1.82, 2.24) is 25.2 Å². The number of benzene rings is 1. The van der Waals surface area contributed by atoms with E-state index in [0.29, 0.717) is 6.54 Å². The van der Waals surface area contributed by atoms with E-state index in [9.17, 15) is 19.2 Å². The van der Waals surface area contributed by atoms with Gasteiger partial charge in [0.15, 0.2) is 0 Å². The number of piperazine rings is 1. The Morgan fingerprint density at radius 3 is 2.38 bits per heavy atom. The summed E-state index contributed by atoms with van der Waals surface area (Å²) in [6.07, 6.45) is 1.83. The summed E-state index contributed by atoms with van der Waals surface area (Å²) in [6.45, 7) is 4.07. The van der Waals surface area contributed by atoms with Crippen molar-refractivity contribution in [3.8, 4) is 0 Å². The summed E-state index contributed by atoms with van der Waals surface area (Å²) in [6, 6.07) is 10.3. The summed E-state index contributed by atoms with van der Waals surface area (Å²) < 4.78 is 0. The number of nitrogens with one attached hydrogen (secondary N) is 1. The van der Waals surface area contributed by atoms with Crippen LogP contribution in [0.25, 0.3) is 0 Å². The van der Waals surface area contributed by atoms with E-state index in [-0.39, 0.29) is 24.1 Å². The van der Waals surface area contributed by atoms with Crippen molar-refractivity contribution >= 4 is 29.6 Å². The zero-order chi connectivity index (χ0) is 22.2. The van der Waals surface area contributed by atoms with Crippen molar-refractivity contribution in [1.29, 1.82) is 0 Å². The number of fused-ring (bicyclic) bond motifs is 1. The number of hydrazine groups is 1. The zero-order valence-corrected chi connectivity index (χ0v) is 17.4. The van der Waals surface area contributed by atoms with Gasteiger partial charge in [0.05, 0.1) is 17.7 Å². The molecule has 5 rings (SSSR count). The van der Waals surface area contributed by atoms with Crippen molar-refractivity contribution < 1.29 is 19.2 Å². The predicted molar refractivity (Wildman–Crippen MR) is 114 cm³/mol. The van der Waals surface area contributed by atoms with Gasteiger partial charge in [0.1, 0.15) is 5.82 Å². The minimum Gasteiger partial charge on any atom is -0.354 e. The average molecular weight is 434 g/mol. The highest BCUT2D eigenvalue weighted by Gasteiger charge is 2.43. The van der Waals surface area contributed by atoms with Gasteiger partial charge >= 0.3 is 6.03 Å². The Kier molecular flexibility index (Phi) is 5.06. The average Bonchev–Trinajstić information content (AvgIpc) is 3.05. The van der Waals surface area contributed by atoms with Crippen LogP contribution in [0.15, 0.2) is 42.6 Å². The van der Waals surface area contributed by atoms with Crippen molar-refractivity contribution in [3.63, 3.8) is 0 Å². The highest BCUT2D eigenvalue weighted by atomic mass is 16.2. The topological polar surface area (TPSA) is 106 Å². The van der Waals surface area contributed by atoms with Crippen LogP contribution < -0.4 is 10.2 Å².